The Hall–Kier alpha value is -2.60. The molecule has 0 unspecified atom stereocenters. The number of hydrogen-bond donors (Lipinski definition) is 1. The number of rotatable bonds is 4. The fourth-order valence-corrected chi connectivity index (χ4v) is 3.35. The highest BCUT2D eigenvalue weighted by Crippen LogP contribution is 2.27. The number of thiophene rings is 1. The van der Waals surface area contributed by atoms with Crippen molar-refractivity contribution in [3.8, 4) is 0 Å². The summed E-state index contributed by atoms with van der Waals surface area (Å²) in [5, 5.41) is 11.3. The molecule has 0 spiro atoms. The molecule has 2 aromatic rings. The Kier molecular flexibility index (Phi) is 4.96. The molecule has 1 atom stereocenters. The highest BCUT2D eigenvalue weighted by atomic mass is 32.1. The van der Waals surface area contributed by atoms with Crippen LogP contribution in [0, 0.1) is 0 Å². The van der Waals surface area contributed by atoms with Crippen LogP contribution in [0.1, 0.15) is 16.9 Å². The Bertz CT molecular complexity index is 740. The van der Waals surface area contributed by atoms with Gasteiger partial charge in [-0.1, -0.05) is 36.4 Å². The lowest BCUT2D eigenvalue weighted by atomic mass is 10.1. The van der Waals surface area contributed by atoms with Gasteiger partial charge >= 0.3 is 12.1 Å². The van der Waals surface area contributed by atoms with E-state index in [0.717, 1.165) is 16.0 Å². The van der Waals surface area contributed by atoms with Crippen LogP contribution in [0.5, 0.6) is 0 Å². The van der Waals surface area contributed by atoms with Gasteiger partial charge in [0.1, 0.15) is 12.6 Å². The second-order valence-electron chi connectivity index (χ2n) is 5.54. The molecule has 1 aromatic heterocycles. The molecule has 1 fully saturated rings. The molecule has 0 aliphatic carbocycles. The van der Waals surface area contributed by atoms with Gasteiger partial charge in [0.15, 0.2) is 0 Å². The van der Waals surface area contributed by atoms with Crippen LogP contribution in [0.3, 0.4) is 0 Å². The zero-order chi connectivity index (χ0) is 16.9. The normalized spacial score (nSPS) is 18.8. The van der Waals surface area contributed by atoms with Crippen LogP contribution >= 0.6 is 11.3 Å². The van der Waals surface area contributed by atoms with E-state index < -0.39 is 18.1 Å². The van der Waals surface area contributed by atoms with Gasteiger partial charge in [0.25, 0.3) is 0 Å². The van der Waals surface area contributed by atoms with Crippen molar-refractivity contribution in [1.29, 1.82) is 0 Å². The summed E-state index contributed by atoms with van der Waals surface area (Å²) in [6.45, 7) is 0.412. The van der Waals surface area contributed by atoms with Gasteiger partial charge < -0.3 is 9.84 Å². The van der Waals surface area contributed by atoms with Gasteiger partial charge in [-0.05, 0) is 28.7 Å². The van der Waals surface area contributed by atoms with Crippen molar-refractivity contribution in [1.82, 2.24) is 4.90 Å². The van der Waals surface area contributed by atoms with Crippen molar-refractivity contribution in [2.75, 3.05) is 6.54 Å². The maximum absolute atomic E-state index is 12.3. The predicted octanol–water partition coefficient (Wildman–Crippen LogP) is 3.63. The van der Waals surface area contributed by atoms with Gasteiger partial charge in [0, 0.05) is 17.8 Å². The molecule has 3 rings (SSSR count). The number of carboxylic acid groups (broad SMARTS) is 1. The molecule has 1 amide bonds. The van der Waals surface area contributed by atoms with E-state index in [0.29, 0.717) is 6.42 Å². The first kappa shape index (κ1) is 16.3. The van der Waals surface area contributed by atoms with Crippen molar-refractivity contribution in [2.45, 2.75) is 19.1 Å². The molecule has 6 heteroatoms. The van der Waals surface area contributed by atoms with Crippen LogP contribution < -0.4 is 0 Å². The highest BCUT2D eigenvalue weighted by Gasteiger charge is 2.37. The average molecular weight is 343 g/mol. The smallest absolute Gasteiger partial charge is 0.411 e. The van der Waals surface area contributed by atoms with Crippen molar-refractivity contribution >= 4 is 29.5 Å². The summed E-state index contributed by atoms with van der Waals surface area (Å²) in [5.41, 5.74) is 1.78. The van der Waals surface area contributed by atoms with Gasteiger partial charge in [0.05, 0.1) is 0 Å². The van der Waals surface area contributed by atoms with E-state index in [4.69, 9.17) is 4.74 Å². The Balaban J connectivity index is 1.68. The molecule has 0 saturated carbocycles. The first-order valence-corrected chi connectivity index (χ1v) is 8.44. The minimum Gasteiger partial charge on any atom is -0.480 e. The van der Waals surface area contributed by atoms with Crippen molar-refractivity contribution in [2.24, 2.45) is 0 Å². The topological polar surface area (TPSA) is 66.8 Å². The number of carboxylic acids is 1. The van der Waals surface area contributed by atoms with Crippen LogP contribution in [0.2, 0.25) is 0 Å². The molecule has 0 bridgehead atoms. The second-order valence-corrected chi connectivity index (χ2v) is 6.52. The van der Waals surface area contributed by atoms with Gasteiger partial charge in [-0.15, -0.1) is 11.3 Å². The number of amides is 1. The number of carbonyl (C=O) groups excluding carboxylic acids is 1. The van der Waals surface area contributed by atoms with Crippen LogP contribution in [0.15, 0.2) is 53.4 Å². The van der Waals surface area contributed by atoms with Crippen molar-refractivity contribution in [3.63, 3.8) is 0 Å². The number of likely N-dealkylation sites (tertiary alicyclic amines) is 1. The zero-order valence-electron chi connectivity index (χ0n) is 12.9. The highest BCUT2D eigenvalue weighted by molar-refractivity contribution is 7.10. The molecule has 5 nitrogen and oxygen atoms in total. The summed E-state index contributed by atoms with van der Waals surface area (Å²) in [7, 11) is 0. The molecule has 1 aliphatic rings. The molecular formula is C18H17NO4S. The third kappa shape index (κ3) is 3.83. The standard InChI is InChI=1S/C18H17NO4S/c20-17(21)16-10-14(9-15-7-4-8-24-15)11-19(16)18(22)23-12-13-5-2-1-3-6-13/h1-9,16H,10-12H2,(H,20,21)/t16-/m0/s1. The summed E-state index contributed by atoms with van der Waals surface area (Å²) < 4.78 is 5.27. The summed E-state index contributed by atoms with van der Waals surface area (Å²) in [6, 6.07) is 12.3. The van der Waals surface area contributed by atoms with Gasteiger partial charge in [-0.25, -0.2) is 9.59 Å². The summed E-state index contributed by atoms with van der Waals surface area (Å²) in [5.74, 6) is -1.01. The van der Waals surface area contributed by atoms with E-state index in [1.165, 1.54) is 4.90 Å². The molecule has 24 heavy (non-hydrogen) atoms. The Labute approximate surface area is 143 Å². The third-order valence-electron chi connectivity index (χ3n) is 3.82. The minimum atomic E-state index is -1.01. The van der Waals surface area contributed by atoms with E-state index in [1.54, 1.807) is 11.3 Å². The van der Waals surface area contributed by atoms with Crippen LogP contribution in [0.4, 0.5) is 4.79 Å². The maximum atomic E-state index is 12.3. The largest absolute Gasteiger partial charge is 0.480 e. The first-order valence-electron chi connectivity index (χ1n) is 7.56. The SMILES string of the molecule is O=C(O)[C@@H]1CC(=Cc2cccs2)CN1C(=O)OCc1ccccc1. The number of aliphatic carboxylic acids is 1. The minimum absolute atomic E-state index is 0.131. The Morgan fingerprint density at radius 1 is 1.25 bits per heavy atom. The van der Waals surface area contributed by atoms with Crippen LogP contribution in [-0.4, -0.2) is 34.7 Å². The lowest BCUT2D eigenvalue weighted by Gasteiger charge is -2.20. The van der Waals surface area contributed by atoms with Crippen molar-refractivity contribution < 1.29 is 19.4 Å². The zero-order valence-corrected chi connectivity index (χ0v) is 13.7. The van der Waals surface area contributed by atoms with Crippen molar-refractivity contribution in [3.05, 3.63) is 63.9 Å². The number of benzene rings is 1. The van der Waals surface area contributed by atoms with E-state index >= 15 is 0 Å². The predicted molar refractivity (Wildman–Crippen MR) is 91.7 cm³/mol. The summed E-state index contributed by atoms with van der Waals surface area (Å²) in [4.78, 5) is 26.1. The lowest BCUT2D eigenvalue weighted by molar-refractivity contribution is -0.141. The fourth-order valence-electron chi connectivity index (χ4n) is 2.65. The number of carbonyl (C=O) groups is 2. The first-order chi connectivity index (χ1) is 11.6. The number of nitrogens with zero attached hydrogens (tertiary/aromatic N) is 1. The molecule has 1 N–H and O–H groups in total. The van der Waals surface area contributed by atoms with E-state index in [2.05, 4.69) is 0 Å². The summed E-state index contributed by atoms with van der Waals surface area (Å²) in [6.07, 6.45) is 1.68. The maximum Gasteiger partial charge on any atom is 0.411 e. The van der Waals surface area contributed by atoms with Gasteiger partial charge in [0.2, 0.25) is 0 Å². The Morgan fingerprint density at radius 3 is 2.71 bits per heavy atom. The molecule has 2 heterocycles. The second kappa shape index (κ2) is 7.31. The monoisotopic (exact) mass is 343 g/mol. The molecule has 124 valence electrons. The van der Waals surface area contributed by atoms with E-state index in [1.807, 2.05) is 53.9 Å². The lowest BCUT2D eigenvalue weighted by Crippen LogP contribution is -2.40. The molecule has 1 aromatic carbocycles. The third-order valence-corrected chi connectivity index (χ3v) is 4.64. The fraction of sp³-hybridized carbons (Fsp3) is 0.222. The average Bonchev–Trinajstić information content (AvgIpc) is 3.24. The van der Waals surface area contributed by atoms with E-state index in [9.17, 15) is 14.7 Å². The van der Waals surface area contributed by atoms with Gasteiger partial charge in [-0.3, -0.25) is 4.90 Å². The molecule has 0 radical (unpaired) electrons. The molecule has 1 saturated heterocycles. The van der Waals surface area contributed by atoms with Gasteiger partial charge in [-0.2, -0.15) is 0 Å². The molecule has 1 aliphatic heterocycles. The summed E-state index contributed by atoms with van der Waals surface area (Å²) >= 11 is 1.58. The Morgan fingerprint density at radius 2 is 2.04 bits per heavy atom. The number of ether oxygens (including phenoxy) is 1. The van der Waals surface area contributed by atoms with E-state index in [-0.39, 0.29) is 13.2 Å². The quantitative estimate of drug-likeness (QED) is 0.920. The van der Waals surface area contributed by atoms with Crippen LogP contribution in [-0.2, 0) is 16.1 Å². The number of hydrogen-bond acceptors (Lipinski definition) is 4. The van der Waals surface area contributed by atoms with Crippen LogP contribution in [0.25, 0.3) is 6.08 Å². The molecular weight excluding hydrogens is 326 g/mol.